The third kappa shape index (κ3) is 4.79. The number of nitrogens with zero attached hydrogens (tertiary/aromatic N) is 5. The van der Waals surface area contributed by atoms with Gasteiger partial charge in [0.05, 0.1) is 5.69 Å². The zero-order valence-corrected chi connectivity index (χ0v) is 19.8. The molecule has 2 aromatic rings. The quantitative estimate of drug-likeness (QED) is 0.674. The Hall–Kier alpha value is -2.10. The summed E-state index contributed by atoms with van der Waals surface area (Å²) in [6.45, 7) is 6.03. The second kappa shape index (κ2) is 9.80. The molecule has 2 aliphatic rings. The van der Waals surface area contributed by atoms with Crippen molar-refractivity contribution in [1.29, 1.82) is 0 Å². The van der Waals surface area contributed by atoms with Crippen LogP contribution >= 0.6 is 23.4 Å². The number of hydrogen-bond donors (Lipinski definition) is 0. The summed E-state index contributed by atoms with van der Waals surface area (Å²) in [7, 11) is 1.83. The fourth-order valence-corrected chi connectivity index (χ4v) is 5.66. The highest BCUT2D eigenvalue weighted by Gasteiger charge is 2.38. The molecule has 10 heteroatoms. The zero-order valence-electron chi connectivity index (χ0n) is 18.3. The third-order valence-electron chi connectivity index (χ3n) is 6.01. The van der Waals surface area contributed by atoms with Gasteiger partial charge in [0, 0.05) is 63.2 Å². The number of carbonyl (C=O) groups is 2. The predicted octanol–water partition coefficient (Wildman–Crippen LogP) is 2.77. The van der Waals surface area contributed by atoms with Crippen molar-refractivity contribution in [2.24, 2.45) is 7.05 Å². The van der Waals surface area contributed by atoms with E-state index in [0.717, 1.165) is 30.8 Å². The highest BCUT2D eigenvalue weighted by Crippen LogP contribution is 2.28. The van der Waals surface area contributed by atoms with Gasteiger partial charge in [0.1, 0.15) is 11.0 Å². The Morgan fingerprint density at radius 3 is 2.59 bits per heavy atom. The summed E-state index contributed by atoms with van der Waals surface area (Å²) in [5.74, 6) is 0.0657. The van der Waals surface area contributed by atoms with Crippen molar-refractivity contribution < 1.29 is 14.0 Å². The minimum Gasteiger partial charge on any atom is -0.339 e. The Kier molecular flexibility index (Phi) is 7.07. The number of rotatable bonds is 4. The molecule has 1 unspecified atom stereocenters. The highest BCUT2D eigenvalue weighted by molar-refractivity contribution is 8.00. The average Bonchev–Trinajstić information content (AvgIpc) is 3.26. The Bertz CT molecular complexity index is 999. The molecule has 0 radical (unpaired) electrons. The molecule has 2 amide bonds. The molecule has 0 spiro atoms. The van der Waals surface area contributed by atoms with E-state index in [1.807, 2.05) is 18.9 Å². The maximum Gasteiger partial charge on any atom is 0.255 e. The summed E-state index contributed by atoms with van der Waals surface area (Å²) >= 11 is 7.89. The van der Waals surface area contributed by atoms with Crippen molar-refractivity contribution in [1.82, 2.24) is 24.5 Å². The summed E-state index contributed by atoms with van der Waals surface area (Å²) in [5.41, 5.74) is 2.35. The minimum absolute atomic E-state index is 0.0274. The van der Waals surface area contributed by atoms with Crippen LogP contribution in [0.25, 0.3) is 0 Å². The van der Waals surface area contributed by atoms with E-state index in [9.17, 15) is 14.0 Å². The first kappa shape index (κ1) is 23.1. The van der Waals surface area contributed by atoms with Gasteiger partial charge in [-0.2, -0.15) is 5.10 Å². The third-order valence-corrected chi connectivity index (χ3v) is 7.67. The van der Waals surface area contributed by atoms with Crippen LogP contribution < -0.4 is 0 Å². The van der Waals surface area contributed by atoms with Crippen molar-refractivity contribution >= 4 is 35.2 Å². The molecule has 0 N–H and O–H groups in total. The first-order valence-corrected chi connectivity index (χ1v) is 12.1. The molecule has 0 saturated carbocycles. The Balaban J connectivity index is 1.39. The summed E-state index contributed by atoms with van der Waals surface area (Å²) < 4.78 is 14.9. The molecule has 172 valence electrons. The van der Waals surface area contributed by atoms with E-state index in [2.05, 4.69) is 10.00 Å². The SMILES string of the molecule is Cc1nn(C)c(Cl)c1CN1CCCN(C(=O)C2SCCN2C(=O)c2ccc(F)cc2)CC1. The number of aryl methyl sites for hydroxylation is 2. The van der Waals surface area contributed by atoms with E-state index in [-0.39, 0.29) is 17.6 Å². The van der Waals surface area contributed by atoms with Crippen molar-refractivity contribution in [2.45, 2.75) is 25.3 Å². The first-order valence-electron chi connectivity index (χ1n) is 10.7. The van der Waals surface area contributed by atoms with Gasteiger partial charge in [-0.05, 0) is 37.6 Å². The predicted molar refractivity (Wildman–Crippen MR) is 123 cm³/mol. The van der Waals surface area contributed by atoms with Crippen LogP contribution in [0.1, 0.15) is 28.0 Å². The van der Waals surface area contributed by atoms with Gasteiger partial charge in [0.2, 0.25) is 0 Å². The van der Waals surface area contributed by atoms with Gasteiger partial charge < -0.3 is 9.80 Å². The van der Waals surface area contributed by atoms with E-state index >= 15 is 0 Å². The maximum atomic E-state index is 13.3. The fraction of sp³-hybridized carbons (Fsp3) is 0.500. The van der Waals surface area contributed by atoms with Crippen LogP contribution in [0.4, 0.5) is 4.39 Å². The first-order chi connectivity index (χ1) is 15.3. The normalized spacial score (nSPS) is 19.9. The van der Waals surface area contributed by atoms with Gasteiger partial charge in [-0.15, -0.1) is 11.8 Å². The fourth-order valence-electron chi connectivity index (χ4n) is 4.22. The molecule has 4 rings (SSSR count). The molecule has 1 aromatic carbocycles. The standard InChI is InChI=1S/C22H27ClFN5O2S/c1-15-18(19(23)26(2)25-15)14-27-8-3-9-28(11-10-27)21(31)22-29(12-13-32-22)20(30)16-4-6-17(24)7-5-16/h4-7,22H,3,8-14H2,1-2H3. The molecule has 0 bridgehead atoms. The summed E-state index contributed by atoms with van der Waals surface area (Å²) in [6, 6.07) is 5.48. The number of benzene rings is 1. The lowest BCUT2D eigenvalue weighted by molar-refractivity contribution is -0.132. The highest BCUT2D eigenvalue weighted by atomic mass is 35.5. The van der Waals surface area contributed by atoms with Gasteiger partial charge in [0.25, 0.3) is 11.8 Å². The van der Waals surface area contributed by atoms with Gasteiger partial charge in [-0.25, -0.2) is 4.39 Å². The Morgan fingerprint density at radius 1 is 1.16 bits per heavy atom. The lowest BCUT2D eigenvalue weighted by Crippen LogP contribution is -2.47. The summed E-state index contributed by atoms with van der Waals surface area (Å²) in [6.07, 6.45) is 0.853. The van der Waals surface area contributed by atoms with Gasteiger partial charge in [-0.1, -0.05) is 11.6 Å². The molecular formula is C22H27ClFN5O2S. The number of amides is 2. The van der Waals surface area contributed by atoms with Crippen molar-refractivity contribution in [3.05, 3.63) is 52.1 Å². The monoisotopic (exact) mass is 479 g/mol. The number of hydrogen-bond acceptors (Lipinski definition) is 5. The van der Waals surface area contributed by atoms with Crippen molar-refractivity contribution in [2.75, 3.05) is 38.5 Å². The molecule has 3 heterocycles. The van der Waals surface area contributed by atoms with E-state index in [4.69, 9.17) is 11.6 Å². The number of thioether (sulfide) groups is 1. The maximum absolute atomic E-state index is 13.3. The molecular weight excluding hydrogens is 453 g/mol. The molecule has 32 heavy (non-hydrogen) atoms. The number of aromatic nitrogens is 2. The molecule has 2 aliphatic heterocycles. The largest absolute Gasteiger partial charge is 0.339 e. The van der Waals surface area contributed by atoms with Crippen molar-refractivity contribution in [3.63, 3.8) is 0 Å². The number of carbonyl (C=O) groups excluding carboxylic acids is 2. The van der Waals surface area contributed by atoms with Crippen molar-refractivity contribution in [3.8, 4) is 0 Å². The smallest absolute Gasteiger partial charge is 0.255 e. The molecule has 2 saturated heterocycles. The lowest BCUT2D eigenvalue weighted by atomic mass is 10.2. The van der Waals surface area contributed by atoms with Crippen LogP contribution in [0.2, 0.25) is 5.15 Å². The van der Waals surface area contributed by atoms with E-state index < -0.39 is 5.37 Å². The van der Waals surface area contributed by atoms with E-state index in [1.165, 1.54) is 36.0 Å². The van der Waals surface area contributed by atoms with E-state index in [0.29, 0.717) is 42.6 Å². The van der Waals surface area contributed by atoms with E-state index in [1.54, 1.807) is 9.58 Å². The summed E-state index contributed by atoms with van der Waals surface area (Å²) in [4.78, 5) is 32.0. The Labute approximate surface area is 196 Å². The van der Waals surface area contributed by atoms with Gasteiger partial charge in [0.15, 0.2) is 5.37 Å². The van der Waals surface area contributed by atoms with Crippen LogP contribution in [-0.4, -0.2) is 80.1 Å². The second-order valence-corrected chi connectivity index (χ2v) is 9.71. The van der Waals surface area contributed by atoms with Crippen LogP contribution in [0.3, 0.4) is 0 Å². The van der Waals surface area contributed by atoms with Gasteiger partial charge >= 0.3 is 0 Å². The minimum atomic E-state index is -0.533. The topological polar surface area (TPSA) is 61.7 Å². The Morgan fingerprint density at radius 2 is 1.91 bits per heavy atom. The van der Waals surface area contributed by atoms with Crippen LogP contribution in [0.15, 0.2) is 24.3 Å². The van der Waals surface area contributed by atoms with Crippen LogP contribution in [-0.2, 0) is 18.4 Å². The molecule has 1 atom stereocenters. The molecule has 1 aromatic heterocycles. The zero-order chi connectivity index (χ0) is 22.8. The molecule has 7 nitrogen and oxygen atoms in total. The summed E-state index contributed by atoms with van der Waals surface area (Å²) in [5, 5.41) is 4.50. The van der Waals surface area contributed by atoms with Crippen LogP contribution in [0, 0.1) is 12.7 Å². The lowest BCUT2D eigenvalue weighted by Gasteiger charge is -2.29. The average molecular weight is 480 g/mol. The molecule has 0 aliphatic carbocycles. The van der Waals surface area contributed by atoms with Crippen LogP contribution in [0.5, 0.6) is 0 Å². The van der Waals surface area contributed by atoms with Gasteiger partial charge in [-0.3, -0.25) is 19.2 Å². The number of halogens is 2. The second-order valence-electron chi connectivity index (χ2n) is 8.16. The molecule has 2 fully saturated rings.